The van der Waals surface area contributed by atoms with Crippen molar-refractivity contribution in [1.29, 1.82) is 0 Å². The van der Waals surface area contributed by atoms with E-state index in [1.54, 1.807) is 17.9 Å². The number of hydrogen-bond acceptors (Lipinski definition) is 4. The van der Waals surface area contributed by atoms with E-state index in [1.807, 2.05) is 19.1 Å². The third-order valence-electron chi connectivity index (χ3n) is 2.55. The second-order valence-electron chi connectivity index (χ2n) is 3.73. The number of aliphatic hydroxyl groups excluding tert-OH is 1. The van der Waals surface area contributed by atoms with Gasteiger partial charge in [-0.3, -0.25) is 9.67 Å². The largest absolute Gasteiger partial charge is 0.386 e. The van der Waals surface area contributed by atoms with Crippen LogP contribution in [0.25, 0.3) is 0 Å². The number of aryl methyl sites for hydroxylation is 2. The van der Waals surface area contributed by atoms with E-state index in [4.69, 9.17) is 0 Å². The van der Waals surface area contributed by atoms with E-state index in [9.17, 15) is 5.11 Å². The molecule has 0 radical (unpaired) electrons. The molecule has 2 aromatic rings. The summed E-state index contributed by atoms with van der Waals surface area (Å²) in [4.78, 5) is 8.26. The van der Waals surface area contributed by atoms with Gasteiger partial charge < -0.3 is 5.11 Å². The molecule has 0 aromatic carbocycles. The molecular weight excluding hydrogens is 204 g/mol. The van der Waals surface area contributed by atoms with Gasteiger partial charge in [0.1, 0.15) is 18.3 Å². The lowest BCUT2D eigenvalue weighted by Gasteiger charge is -2.11. The topological polar surface area (TPSA) is 63.8 Å². The number of hydrogen-bond donors (Lipinski definition) is 1. The van der Waals surface area contributed by atoms with Crippen LogP contribution in [0.5, 0.6) is 0 Å². The smallest absolute Gasteiger partial charge is 0.138 e. The fourth-order valence-corrected chi connectivity index (χ4v) is 1.62. The maximum absolute atomic E-state index is 10.1. The Morgan fingerprint density at radius 2 is 2.25 bits per heavy atom. The van der Waals surface area contributed by atoms with Gasteiger partial charge in [-0.1, -0.05) is 6.07 Å². The van der Waals surface area contributed by atoms with E-state index >= 15 is 0 Å². The lowest BCUT2D eigenvalue weighted by molar-refractivity contribution is 0.169. The van der Waals surface area contributed by atoms with Crippen LogP contribution in [-0.2, 0) is 13.5 Å². The number of pyridine rings is 1. The first-order valence-corrected chi connectivity index (χ1v) is 5.11. The molecule has 0 saturated carbocycles. The second kappa shape index (κ2) is 4.40. The third kappa shape index (κ3) is 2.09. The van der Waals surface area contributed by atoms with Gasteiger partial charge in [-0.2, -0.15) is 5.10 Å². The van der Waals surface area contributed by atoms with Crippen LogP contribution in [-0.4, -0.2) is 24.9 Å². The molecule has 2 heterocycles. The molecule has 0 spiro atoms. The molecule has 0 aliphatic rings. The fraction of sp³-hybridized carbons (Fsp3) is 0.364. The molecule has 84 valence electrons. The van der Waals surface area contributed by atoms with Crippen molar-refractivity contribution in [2.75, 3.05) is 0 Å². The minimum Gasteiger partial charge on any atom is -0.386 e. The molecule has 0 bridgehead atoms. The van der Waals surface area contributed by atoms with Gasteiger partial charge >= 0.3 is 0 Å². The maximum atomic E-state index is 10.1. The Morgan fingerprint density at radius 3 is 2.88 bits per heavy atom. The molecular formula is C11H14N4O. The Balaban J connectivity index is 2.18. The zero-order valence-corrected chi connectivity index (χ0v) is 9.33. The first kappa shape index (κ1) is 10.8. The quantitative estimate of drug-likeness (QED) is 0.827. The van der Waals surface area contributed by atoms with Gasteiger partial charge in [0.25, 0.3) is 0 Å². The Bertz CT molecular complexity index is 480. The highest BCUT2D eigenvalue weighted by Crippen LogP contribution is 2.17. The summed E-state index contributed by atoms with van der Waals surface area (Å²) in [6.45, 7) is 1.93. The molecule has 2 rings (SSSR count). The van der Waals surface area contributed by atoms with E-state index in [2.05, 4.69) is 15.1 Å². The summed E-state index contributed by atoms with van der Waals surface area (Å²) in [6.07, 6.45) is 2.95. The average Bonchev–Trinajstić information content (AvgIpc) is 2.65. The van der Waals surface area contributed by atoms with E-state index in [0.29, 0.717) is 12.1 Å². The summed E-state index contributed by atoms with van der Waals surface area (Å²) < 4.78 is 1.65. The van der Waals surface area contributed by atoms with Gasteiger partial charge in [0, 0.05) is 19.7 Å². The number of aromatic nitrogens is 4. The van der Waals surface area contributed by atoms with Crippen molar-refractivity contribution < 1.29 is 5.11 Å². The Hall–Kier alpha value is -1.75. The molecule has 1 N–H and O–H groups in total. The number of nitrogens with zero attached hydrogens (tertiary/aromatic N) is 4. The highest BCUT2D eigenvalue weighted by molar-refractivity contribution is 5.20. The van der Waals surface area contributed by atoms with E-state index < -0.39 is 6.10 Å². The lowest BCUT2D eigenvalue weighted by Crippen LogP contribution is -2.10. The second-order valence-corrected chi connectivity index (χ2v) is 3.73. The monoisotopic (exact) mass is 218 g/mol. The first-order valence-electron chi connectivity index (χ1n) is 5.11. The van der Waals surface area contributed by atoms with Gasteiger partial charge in [0.2, 0.25) is 0 Å². The third-order valence-corrected chi connectivity index (χ3v) is 2.55. The van der Waals surface area contributed by atoms with Crippen molar-refractivity contribution in [3.63, 3.8) is 0 Å². The van der Waals surface area contributed by atoms with Gasteiger partial charge in [0.15, 0.2) is 0 Å². The van der Waals surface area contributed by atoms with E-state index in [1.165, 1.54) is 6.33 Å². The summed E-state index contributed by atoms with van der Waals surface area (Å²) in [6, 6.07) is 3.79. The SMILES string of the molecule is Cc1cccnc1C(O)Cc1ncnn1C. The zero-order chi connectivity index (χ0) is 11.5. The summed E-state index contributed by atoms with van der Waals surface area (Å²) in [5.74, 6) is 0.748. The number of aliphatic hydroxyl groups is 1. The molecule has 5 nitrogen and oxygen atoms in total. The van der Waals surface area contributed by atoms with Gasteiger partial charge in [-0.15, -0.1) is 0 Å². The highest BCUT2D eigenvalue weighted by atomic mass is 16.3. The predicted molar refractivity (Wildman–Crippen MR) is 58.6 cm³/mol. The standard InChI is InChI=1S/C11H14N4O/c1-8-4-3-5-12-11(8)9(16)6-10-13-7-14-15(10)2/h3-5,7,9,16H,6H2,1-2H3. The summed E-state index contributed by atoms with van der Waals surface area (Å²) in [5, 5.41) is 14.0. The van der Waals surface area contributed by atoms with Crippen LogP contribution < -0.4 is 0 Å². The van der Waals surface area contributed by atoms with Crippen molar-refractivity contribution in [2.24, 2.45) is 7.05 Å². The first-order chi connectivity index (χ1) is 7.68. The van der Waals surface area contributed by atoms with Crippen LogP contribution >= 0.6 is 0 Å². The minimum atomic E-state index is -0.635. The van der Waals surface area contributed by atoms with Crippen LogP contribution in [0.1, 0.15) is 23.2 Å². The fourth-order valence-electron chi connectivity index (χ4n) is 1.62. The van der Waals surface area contributed by atoms with Crippen molar-refractivity contribution in [2.45, 2.75) is 19.4 Å². The van der Waals surface area contributed by atoms with Crippen LogP contribution in [0.2, 0.25) is 0 Å². The zero-order valence-electron chi connectivity index (χ0n) is 9.33. The maximum Gasteiger partial charge on any atom is 0.138 e. The Labute approximate surface area is 93.8 Å². The lowest BCUT2D eigenvalue weighted by atomic mass is 10.1. The summed E-state index contributed by atoms with van der Waals surface area (Å²) in [7, 11) is 1.81. The van der Waals surface area contributed by atoms with Crippen molar-refractivity contribution in [1.82, 2.24) is 19.7 Å². The Kier molecular flexibility index (Phi) is 2.96. The van der Waals surface area contributed by atoms with Crippen molar-refractivity contribution >= 4 is 0 Å². The normalized spacial score (nSPS) is 12.7. The molecule has 0 aliphatic carbocycles. The molecule has 0 amide bonds. The van der Waals surface area contributed by atoms with E-state index in [-0.39, 0.29) is 0 Å². The molecule has 2 aromatic heterocycles. The molecule has 16 heavy (non-hydrogen) atoms. The molecule has 1 atom stereocenters. The van der Waals surface area contributed by atoms with Crippen molar-refractivity contribution in [3.05, 3.63) is 41.7 Å². The minimum absolute atomic E-state index is 0.425. The Morgan fingerprint density at radius 1 is 1.44 bits per heavy atom. The van der Waals surface area contributed by atoms with Gasteiger partial charge in [-0.25, -0.2) is 4.98 Å². The van der Waals surface area contributed by atoms with Crippen LogP contribution in [0.3, 0.4) is 0 Å². The van der Waals surface area contributed by atoms with Gasteiger partial charge in [-0.05, 0) is 18.6 Å². The molecule has 1 unspecified atom stereocenters. The molecule has 0 saturated heterocycles. The average molecular weight is 218 g/mol. The highest BCUT2D eigenvalue weighted by Gasteiger charge is 2.14. The summed E-state index contributed by atoms with van der Waals surface area (Å²) >= 11 is 0. The van der Waals surface area contributed by atoms with Crippen LogP contribution in [0, 0.1) is 6.92 Å². The van der Waals surface area contributed by atoms with Crippen molar-refractivity contribution in [3.8, 4) is 0 Å². The summed E-state index contributed by atoms with van der Waals surface area (Å²) in [5.41, 5.74) is 1.68. The number of rotatable bonds is 3. The molecule has 5 heteroatoms. The van der Waals surface area contributed by atoms with Gasteiger partial charge in [0.05, 0.1) is 5.69 Å². The molecule has 0 aliphatic heterocycles. The van der Waals surface area contributed by atoms with E-state index in [0.717, 1.165) is 11.4 Å². The van der Waals surface area contributed by atoms with Crippen LogP contribution in [0.4, 0.5) is 0 Å². The molecule has 0 fully saturated rings. The van der Waals surface area contributed by atoms with Crippen LogP contribution in [0.15, 0.2) is 24.7 Å². The predicted octanol–water partition coefficient (Wildman–Crippen LogP) is 0.795.